The fraction of sp³-hybridized carbons (Fsp3) is 0.208. The van der Waals surface area contributed by atoms with Crippen molar-refractivity contribution in [2.45, 2.75) is 18.9 Å². The minimum atomic E-state index is 0.257. The molecule has 1 saturated heterocycles. The van der Waals surface area contributed by atoms with Crippen molar-refractivity contribution < 1.29 is 4.79 Å². The van der Waals surface area contributed by atoms with Crippen LogP contribution in [-0.4, -0.2) is 40.4 Å². The number of H-pyrrole nitrogens is 1. The Bertz CT molecular complexity index is 1190. The van der Waals surface area contributed by atoms with Gasteiger partial charge in [-0.3, -0.25) is 4.79 Å². The zero-order valence-electron chi connectivity index (χ0n) is 16.6. The molecule has 1 aliphatic heterocycles. The molecule has 5 rings (SSSR count). The summed E-state index contributed by atoms with van der Waals surface area (Å²) >= 11 is 0. The quantitative estimate of drug-likeness (QED) is 0.508. The lowest BCUT2D eigenvalue weighted by atomic mass is 10.0. The van der Waals surface area contributed by atoms with E-state index in [9.17, 15) is 4.79 Å². The maximum absolute atomic E-state index is 11.5. The van der Waals surface area contributed by atoms with Gasteiger partial charge in [0, 0.05) is 47.7 Å². The van der Waals surface area contributed by atoms with Crippen LogP contribution in [0, 0.1) is 0 Å². The van der Waals surface area contributed by atoms with E-state index < -0.39 is 0 Å². The van der Waals surface area contributed by atoms with Gasteiger partial charge in [0.1, 0.15) is 11.3 Å². The van der Waals surface area contributed by atoms with Gasteiger partial charge in [-0.2, -0.15) is 0 Å². The van der Waals surface area contributed by atoms with Crippen LogP contribution in [0.3, 0.4) is 0 Å². The molecule has 1 aromatic carbocycles. The number of nitrogens with two attached hydrogens (primary N) is 1. The van der Waals surface area contributed by atoms with E-state index in [1.807, 2.05) is 30.3 Å². The predicted octanol–water partition coefficient (Wildman–Crippen LogP) is 4.03. The van der Waals surface area contributed by atoms with Crippen LogP contribution in [0.5, 0.6) is 0 Å². The number of fused-ring (bicyclic) bond motifs is 1. The molecule has 0 spiro atoms. The third-order valence-electron chi connectivity index (χ3n) is 5.71. The zero-order chi connectivity index (χ0) is 20.5. The number of carbonyl (C=O) groups is 1. The fourth-order valence-electron chi connectivity index (χ4n) is 4.01. The summed E-state index contributed by atoms with van der Waals surface area (Å²) in [5.74, 6) is 0. The molecule has 0 unspecified atom stereocenters. The SMILES string of the molecule is NC1CCN(c2cc(C=O)nc(-c3cnc4[nH]c(-c5ccccc5)cc4c3)c2)CC1. The topological polar surface area (TPSA) is 87.9 Å². The van der Waals surface area contributed by atoms with E-state index in [1.165, 1.54) is 0 Å². The van der Waals surface area contributed by atoms with E-state index in [-0.39, 0.29) is 6.04 Å². The molecule has 1 fully saturated rings. The molecule has 0 amide bonds. The number of aldehydes is 1. The summed E-state index contributed by atoms with van der Waals surface area (Å²) in [5.41, 5.74) is 12.1. The molecular weight excluding hydrogens is 374 g/mol. The number of rotatable bonds is 4. The molecule has 3 N–H and O–H groups in total. The number of aromatic nitrogens is 3. The number of hydrogen-bond acceptors (Lipinski definition) is 5. The molecule has 6 heteroatoms. The minimum Gasteiger partial charge on any atom is -0.371 e. The van der Waals surface area contributed by atoms with Crippen molar-refractivity contribution in [3.8, 4) is 22.5 Å². The van der Waals surface area contributed by atoms with Crippen molar-refractivity contribution in [2.24, 2.45) is 5.73 Å². The van der Waals surface area contributed by atoms with Crippen LogP contribution in [0.4, 0.5) is 5.69 Å². The Labute approximate surface area is 174 Å². The Morgan fingerprint density at radius 2 is 1.83 bits per heavy atom. The number of anilines is 1. The van der Waals surface area contributed by atoms with Crippen molar-refractivity contribution in [3.05, 3.63) is 66.5 Å². The highest BCUT2D eigenvalue weighted by Gasteiger charge is 2.18. The highest BCUT2D eigenvalue weighted by Crippen LogP contribution is 2.29. The maximum atomic E-state index is 11.5. The first kappa shape index (κ1) is 18.5. The first-order valence-corrected chi connectivity index (χ1v) is 10.2. The number of pyridine rings is 2. The number of nitrogens with one attached hydrogen (secondary N) is 1. The maximum Gasteiger partial charge on any atom is 0.168 e. The molecule has 4 heterocycles. The molecule has 0 aliphatic carbocycles. The molecule has 150 valence electrons. The van der Waals surface area contributed by atoms with Gasteiger partial charge >= 0.3 is 0 Å². The minimum absolute atomic E-state index is 0.257. The van der Waals surface area contributed by atoms with Gasteiger partial charge in [-0.25, -0.2) is 9.97 Å². The van der Waals surface area contributed by atoms with Gasteiger partial charge in [0.2, 0.25) is 0 Å². The summed E-state index contributed by atoms with van der Waals surface area (Å²) in [7, 11) is 0. The van der Waals surface area contributed by atoms with Gasteiger partial charge < -0.3 is 15.6 Å². The Morgan fingerprint density at radius 1 is 1.03 bits per heavy atom. The molecule has 30 heavy (non-hydrogen) atoms. The highest BCUT2D eigenvalue weighted by atomic mass is 16.1. The number of benzene rings is 1. The van der Waals surface area contributed by atoms with Crippen LogP contribution in [0.1, 0.15) is 23.3 Å². The first-order chi connectivity index (χ1) is 14.7. The first-order valence-electron chi connectivity index (χ1n) is 10.2. The zero-order valence-corrected chi connectivity index (χ0v) is 16.6. The lowest BCUT2D eigenvalue weighted by Gasteiger charge is -2.32. The van der Waals surface area contributed by atoms with E-state index in [0.29, 0.717) is 5.69 Å². The lowest BCUT2D eigenvalue weighted by molar-refractivity contribution is 0.111. The van der Waals surface area contributed by atoms with Gasteiger partial charge in [0.15, 0.2) is 6.29 Å². The van der Waals surface area contributed by atoms with Gasteiger partial charge in [-0.1, -0.05) is 30.3 Å². The van der Waals surface area contributed by atoms with E-state index in [2.05, 4.69) is 44.1 Å². The van der Waals surface area contributed by atoms with Crippen molar-refractivity contribution in [3.63, 3.8) is 0 Å². The second-order valence-electron chi connectivity index (χ2n) is 7.79. The highest BCUT2D eigenvalue weighted by molar-refractivity contribution is 5.87. The smallest absolute Gasteiger partial charge is 0.168 e. The van der Waals surface area contributed by atoms with E-state index in [4.69, 9.17) is 5.73 Å². The number of piperidine rings is 1. The Hall–Kier alpha value is -3.51. The van der Waals surface area contributed by atoms with Crippen LogP contribution in [-0.2, 0) is 0 Å². The van der Waals surface area contributed by atoms with Crippen molar-refractivity contribution in [2.75, 3.05) is 18.0 Å². The summed E-state index contributed by atoms with van der Waals surface area (Å²) in [5, 5.41) is 1.01. The number of hydrogen-bond donors (Lipinski definition) is 2. The van der Waals surface area contributed by atoms with Crippen LogP contribution in [0.15, 0.2) is 60.8 Å². The van der Waals surface area contributed by atoms with Crippen LogP contribution in [0.25, 0.3) is 33.5 Å². The average Bonchev–Trinajstić information content (AvgIpc) is 3.23. The lowest BCUT2D eigenvalue weighted by Crippen LogP contribution is -2.39. The molecule has 1 aliphatic rings. The number of carbonyl (C=O) groups excluding carboxylic acids is 1. The molecule has 0 atom stereocenters. The Kier molecular flexibility index (Phi) is 4.77. The normalized spacial score (nSPS) is 14.9. The van der Waals surface area contributed by atoms with Crippen LogP contribution >= 0.6 is 0 Å². The Morgan fingerprint density at radius 3 is 2.60 bits per heavy atom. The van der Waals surface area contributed by atoms with Crippen LogP contribution in [0.2, 0.25) is 0 Å². The summed E-state index contributed by atoms with van der Waals surface area (Å²) in [4.78, 5) is 26.3. The van der Waals surface area contributed by atoms with Gasteiger partial charge in [0.05, 0.1) is 5.69 Å². The van der Waals surface area contributed by atoms with Crippen molar-refractivity contribution >= 4 is 23.0 Å². The van der Waals surface area contributed by atoms with E-state index in [1.54, 1.807) is 6.20 Å². The summed E-state index contributed by atoms with van der Waals surface area (Å²) < 4.78 is 0. The molecule has 3 aromatic heterocycles. The molecule has 0 bridgehead atoms. The second-order valence-corrected chi connectivity index (χ2v) is 7.79. The van der Waals surface area contributed by atoms with Gasteiger partial charge in [-0.15, -0.1) is 0 Å². The predicted molar refractivity (Wildman–Crippen MR) is 120 cm³/mol. The fourth-order valence-corrected chi connectivity index (χ4v) is 4.01. The number of nitrogens with zero attached hydrogens (tertiary/aromatic N) is 3. The average molecular weight is 397 g/mol. The number of aromatic amines is 1. The Balaban J connectivity index is 1.52. The molecule has 0 radical (unpaired) electrons. The summed E-state index contributed by atoms with van der Waals surface area (Å²) in [6, 6.07) is 18.5. The summed E-state index contributed by atoms with van der Waals surface area (Å²) in [6.07, 6.45) is 4.51. The van der Waals surface area contributed by atoms with Gasteiger partial charge in [0.25, 0.3) is 0 Å². The van der Waals surface area contributed by atoms with Crippen molar-refractivity contribution in [1.82, 2.24) is 15.0 Å². The van der Waals surface area contributed by atoms with Crippen molar-refractivity contribution in [1.29, 1.82) is 0 Å². The van der Waals surface area contributed by atoms with E-state index in [0.717, 1.165) is 71.5 Å². The summed E-state index contributed by atoms with van der Waals surface area (Å²) in [6.45, 7) is 1.77. The molecule has 0 saturated carbocycles. The monoisotopic (exact) mass is 397 g/mol. The standard InChI is InChI=1S/C24H23N5O/c25-19-6-8-29(9-7-19)21-12-20(15-30)27-23(13-21)18-10-17-11-22(28-24(17)26-14-18)16-4-2-1-3-5-16/h1-5,10-15,19H,6-9,25H2,(H,26,28). The second kappa shape index (κ2) is 7.72. The largest absolute Gasteiger partial charge is 0.371 e. The third-order valence-corrected chi connectivity index (χ3v) is 5.71. The third kappa shape index (κ3) is 3.57. The van der Waals surface area contributed by atoms with Crippen LogP contribution < -0.4 is 10.6 Å². The molecule has 4 aromatic rings. The van der Waals surface area contributed by atoms with E-state index >= 15 is 0 Å². The van der Waals surface area contributed by atoms with Gasteiger partial charge in [-0.05, 0) is 42.7 Å². The molecule has 6 nitrogen and oxygen atoms in total. The molecular formula is C24H23N5O.